The maximum atomic E-state index is 6.20. The molecule has 1 saturated heterocycles. The fourth-order valence-corrected chi connectivity index (χ4v) is 3.45. The molecule has 112 valence electrons. The van der Waals surface area contributed by atoms with Gasteiger partial charge < -0.3 is 10.6 Å². The maximum absolute atomic E-state index is 6.20. The van der Waals surface area contributed by atoms with E-state index < -0.39 is 0 Å². The highest BCUT2D eigenvalue weighted by Gasteiger charge is 2.20. The Bertz CT molecular complexity index is 581. The summed E-state index contributed by atoms with van der Waals surface area (Å²) in [4.78, 5) is 2.50. The van der Waals surface area contributed by atoms with Gasteiger partial charge in [-0.2, -0.15) is 0 Å². The summed E-state index contributed by atoms with van der Waals surface area (Å²) >= 11 is 6.20. The van der Waals surface area contributed by atoms with Gasteiger partial charge in [0.2, 0.25) is 0 Å². The van der Waals surface area contributed by atoms with Gasteiger partial charge in [0, 0.05) is 35.1 Å². The molecular formula is C18H23ClN2. The molecule has 2 N–H and O–H groups in total. The zero-order valence-electron chi connectivity index (χ0n) is 12.6. The van der Waals surface area contributed by atoms with Gasteiger partial charge >= 0.3 is 0 Å². The fourth-order valence-electron chi connectivity index (χ4n) is 3.21. The van der Waals surface area contributed by atoms with Crippen molar-refractivity contribution in [1.29, 1.82) is 0 Å². The molecule has 0 bridgehead atoms. The Labute approximate surface area is 132 Å². The van der Waals surface area contributed by atoms with E-state index in [0.717, 1.165) is 42.6 Å². The van der Waals surface area contributed by atoms with E-state index in [1.807, 2.05) is 6.07 Å². The third kappa shape index (κ3) is 3.26. The van der Waals surface area contributed by atoms with Gasteiger partial charge in [0.05, 0.1) is 0 Å². The summed E-state index contributed by atoms with van der Waals surface area (Å²) in [6, 6.07) is 6.29. The number of piperidine rings is 1. The van der Waals surface area contributed by atoms with E-state index in [1.54, 1.807) is 0 Å². The first-order valence-electron chi connectivity index (χ1n) is 7.84. The lowest BCUT2D eigenvalue weighted by Gasteiger charge is -2.34. The molecule has 1 aliphatic carbocycles. The molecule has 0 aromatic heterocycles. The Morgan fingerprint density at radius 3 is 2.71 bits per heavy atom. The molecule has 1 aliphatic heterocycles. The third-order valence-corrected chi connectivity index (χ3v) is 4.82. The van der Waals surface area contributed by atoms with Crippen LogP contribution in [0.2, 0.25) is 0 Å². The number of nitrogens with two attached hydrogens (primary N) is 1. The molecule has 0 radical (unpaired) electrons. The number of nitrogens with zero attached hydrogens (tertiary/aromatic N) is 1. The molecule has 0 unspecified atom stereocenters. The van der Waals surface area contributed by atoms with Crippen molar-refractivity contribution in [3.05, 3.63) is 40.9 Å². The van der Waals surface area contributed by atoms with E-state index in [9.17, 15) is 0 Å². The summed E-state index contributed by atoms with van der Waals surface area (Å²) in [7, 11) is 0. The van der Waals surface area contributed by atoms with Crippen LogP contribution in [-0.2, 0) is 0 Å². The number of anilines is 2. The van der Waals surface area contributed by atoms with Crippen LogP contribution in [0, 0.1) is 5.92 Å². The minimum atomic E-state index is 0.825. The van der Waals surface area contributed by atoms with Gasteiger partial charge in [0.25, 0.3) is 0 Å². The molecule has 1 aromatic carbocycles. The van der Waals surface area contributed by atoms with E-state index in [0.29, 0.717) is 0 Å². The second-order valence-corrected chi connectivity index (χ2v) is 6.68. The highest BCUT2D eigenvalue weighted by molar-refractivity contribution is 6.31. The molecule has 1 heterocycles. The Balaban J connectivity index is 1.96. The molecule has 3 heteroatoms. The zero-order chi connectivity index (χ0) is 14.8. The number of benzene rings is 1. The zero-order valence-corrected chi connectivity index (χ0v) is 13.4. The van der Waals surface area contributed by atoms with Gasteiger partial charge in [-0.25, -0.2) is 0 Å². The molecule has 2 aliphatic rings. The first-order valence-corrected chi connectivity index (χ1v) is 8.22. The van der Waals surface area contributed by atoms with Crippen LogP contribution in [-0.4, -0.2) is 13.1 Å². The van der Waals surface area contributed by atoms with Crippen molar-refractivity contribution in [2.24, 2.45) is 5.92 Å². The van der Waals surface area contributed by atoms with E-state index in [1.165, 1.54) is 29.7 Å². The van der Waals surface area contributed by atoms with Crippen molar-refractivity contribution in [3.8, 4) is 0 Å². The number of rotatable bonds is 2. The van der Waals surface area contributed by atoms with E-state index in [-0.39, 0.29) is 0 Å². The molecule has 0 saturated carbocycles. The molecule has 1 aromatic rings. The standard InChI is InChI=1S/C18H23ClN2/c1-13-7-9-21(10-8-13)18-6-5-16(20)12-17(18)14-3-2-4-15(19)11-14/h4-6,11-13H,2-3,7-10,20H2,1H3. The van der Waals surface area contributed by atoms with Crippen LogP contribution in [0.1, 0.15) is 38.2 Å². The minimum absolute atomic E-state index is 0.825. The molecular weight excluding hydrogens is 280 g/mol. The molecule has 21 heavy (non-hydrogen) atoms. The Kier molecular flexibility index (Phi) is 4.25. The molecule has 0 spiro atoms. The monoisotopic (exact) mass is 302 g/mol. The van der Waals surface area contributed by atoms with Gasteiger partial charge in [-0.15, -0.1) is 0 Å². The largest absolute Gasteiger partial charge is 0.399 e. The Morgan fingerprint density at radius 1 is 1.24 bits per heavy atom. The number of allylic oxidation sites excluding steroid dienone is 4. The van der Waals surface area contributed by atoms with Gasteiger partial charge in [0.1, 0.15) is 0 Å². The summed E-state index contributed by atoms with van der Waals surface area (Å²) in [5.41, 5.74) is 10.7. The lowest BCUT2D eigenvalue weighted by Crippen LogP contribution is -2.33. The highest BCUT2D eigenvalue weighted by atomic mass is 35.5. The highest BCUT2D eigenvalue weighted by Crippen LogP contribution is 2.36. The fraction of sp³-hybridized carbons (Fsp3) is 0.444. The first kappa shape index (κ1) is 14.5. The quantitative estimate of drug-likeness (QED) is 0.795. The van der Waals surface area contributed by atoms with E-state index in [2.05, 4.69) is 36.1 Å². The van der Waals surface area contributed by atoms with Crippen LogP contribution >= 0.6 is 11.6 Å². The average Bonchev–Trinajstić information content (AvgIpc) is 2.48. The van der Waals surface area contributed by atoms with Crippen LogP contribution in [0.4, 0.5) is 11.4 Å². The summed E-state index contributed by atoms with van der Waals surface area (Å²) in [5, 5.41) is 0.844. The molecule has 0 amide bonds. The Morgan fingerprint density at radius 2 is 2.00 bits per heavy atom. The molecule has 3 rings (SSSR count). The maximum Gasteiger partial charge on any atom is 0.0444 e. The van der Waals surface area contributed by atoms with Gasteiger partial charge in [0.15, 0.2) is 0 Å². The van der Waals surface area contributed by atoms with Crippen molar-refractivity contribution in [2.45, 2.75) is 32.6 Å². The number of hydrogen-bond donors (Lipinski definition) is 1. The second-order valence-electron chi connectivity index (χ2n) is 6.24. The van der Waals surface area contributed by atoms with E-state index >= 15 is 0 Å². The van der Waals surface area contributed by atoms with Crippen molar-refractivity contribution >= 4 is 28.5 Å². The lowest BCUT2D eigenvalue weighted by molar-refractivity contribution is 0.438. The van der Waals surface area contributed by atoms with Crippen LogP contribution < -0.4 is 10.6 Å². The van der Waals surface area contributed by atoms with Crippen LogP contribution in [0.5, 0.6) is 0 Å². The molecule has 2 nitrogen and oxygen atoms in total. The van der Waals surface area contributed by atoms with Crippen LogP contribution in [0.3, 0.4) is 0 Å². The first-order chi connectivity index (χ1) is 10.1. The van der Waals surface area contributed by atoms with Crippen LogP contribution in [0.25, 0.3) is 5.57 Å². The normalized spacial score (nSPS) is 20.2. The summed E-state index contributed by atoms with van der Waals surface area (Å²) in [6.07, 6.45) is 8.76. The summed E-state index contributed by atoms with van der Waals surface area (Å²) < 4.78 is 0. The molecule has 0 atom stereocenters. The lowest BCUT2D eigenvalue weighted by atomic mass is 9.93. The number of halogens is 1. The van der Waals surface area contributed by atoms with Crippen molar-refractivity contribution < 1.29 is 0 Å². The average molecular weight is 303 g/mol. The second kappa shape index (κ2) is 6.15. The number of hydrogen-bond acceptors (Lipinski definition) is 2. The number of nitrogen functional groups attached to an aromatic ring is 1. The van der Waals surface area contributed by atoms with Crippen molar-refractivity contribution in [3.63, 3.8) is 0 Å². The minimum Gasteiger partial charge on any atom is -0.399 e. The van der Waals surface area contributed by atoms with E-state index in [4.69, 9.17) is 17.3 Å². The van der Waals surface area contributed by atoms with Crippen molar-refractivity contribution in [1.82, 2.24) is 0 Å². The molecule has 1 fully saturated rings. The van der Waals surface area contributed by atoms with Crippen LogP contribution in [0.15, 0.2) is 35.4 Å². The Hall–Kier alpha value is -1.41. The summed E-state index contributed by atoms with van der Waals surface area (Å²) in [5.74, 6) is 0.838. The third-order valence-electron chi connectivity index (χ3n) is 4.56. The van der Waals surface area contributed by atoms with Gasteiger partial charge in [-0.1, -0.05) is 24.6 Å². The smallest absolute Gasteiger partial charge is 0.0444 e. The van der Waals surface area contributed by atoms with Gasteiger partial charge in [-0.05, 0) is 61.4 Å². The predicted molar refractivity (Wildman–Crippen MR) is 92.6 cm³/mol. The predicted octanol–water partition coefficient (Wildman–Crippen LogP) is 4.81. The topological polar surface area (TPSA) is 29.3 Å². The SMILES string of the molecule is CC1CCN(c2ccc(N)cc2C2=CC(Cl)=CCC2)CC1. The summed E-state index contributed by atoms with van der Waals surface area (Å²) in [6.45, 7) is 4.61. The van der Waals surface area contributed by atoms with Gasteiger partial charge in [-0.3, -0.25) is 0 Å². The van der Waals surface area contributed by atoms with Crippen molar-refractivity contribution in [2.75, 3.05) is 23.7 Å².